The van der Waals surface area contributed by atoms with Crippen LogP contribution in [0, 0.1) is 11.8 Å². The van der Waals surface area contributed by atoms with Crippen LogP contribution < -0.4 is 57.4 Å². The molecule has 5 aliphatic rings. The lowest BCUT2D eigenvalue weighted by atomic mass is 9.93. The molecule has 4 fully saturated rings. The summed E-state index contributed by atoms with van der Waals surface area (Å²) in [6, 6.07) is 27.7. The molecule has 4 N–H and O–H groups in total. The van der Waals surface area contributed by atoms with E-state index in [-0.39, 0.29) is 77.3 Å². The number of amides is 3. The van der Waals surface area contributed by atoms with Gasteiger partial charge in [-0.2, -0.15) is 0 Å². The van der Waals surface area contributed by atoms with E-state index in [4.69, 9.17) is 30.6 Å². The molecule has 104 heavy (non-hydrogen) atoms. The molecule has 11 rings (SSSR count). The molecule has 0 bridgehead atoms. The van der Waals surface area contributed by atoms with Crippen LogP contribution in [0.5, 0.6) is 11.5 Å². The molecule has 5 aliphatic heterocycles. The van der Waals surface area contributed by atoms with Gasteiger partial charge >= 0.3 is 0 Å². The van der Waals surface area contributed by atoms with E-state index in [9.17, 15) is 28.8 Å². The number of methoxy groups -OCH3 is 3. The molecule has 8 heterocycles. The Balaban J connectivity index is 0.000000181. The van der Waals surface area contributed by atoms with Crippen molar-refractivity contribution in [2.24, 2.45) is 16.8 Å². The van der Waals surface area contributed by atoms with Gasteiger partial charge in [-0.1, -0.05) is 79.0 Å². The monoisotopic (exact) mass is 1450 g/mol. The van der Waals surface area contributed by atoms with Crippen LogP contribution in [-0.4, -0.2) is 194 Å². The highest BCUT2D eigenvalue weighted by atomic mass is 35.5. The Labute approximate surface area is 617 Å². The highest BCUT2D eigenvalue weighted by Gasteiger charge is 2.31. The largest absolute Gasteiger partial charge is 0.497 e. The Bertz CT molecular complexity index is 3990. The van der Waals surface area contributed by atoms with E-state index >= 15 is 0 Å². The fourth-order valence-electron chi connectivity index (χ4n) is 14.1. The van der Waals surface area contributed by atoms with Crippen LogP contribution in [0.1, 0.15) is 123 Å². The van der Waals surface area contributed by atoms with Crippen molar-refractivity contribution in [3.05, 3.63) is 139 Å². The second-order valence-corrected chi connectivity index (χ2v) is 29.1. The summed E-state index contributed by atoms with van der Waals surface area (Å²) in [5.74, 6) is 3.15. The average molecular weight is 1450 g/mol. The predicted octanol–water partition coefficient (Wildman–Crippen LogP) is 8.89. The van der Waals surface area contributed by atoms with Crippen molar-refractivity contribution in [3.63, 3.8) is 0 Å². The second kappa shape index (κ2) is 39.6. The second-order valence-electron chi connectivity index (χ2n) is 28.7. The van der Waals surface area contributed by atoms with Crippen molar-refractivity contribution in [3.8, 4) is 45.3 Å². The van der Waals surface area contributed by atoms with Gasteiger partial charge < -0.3 is 59.5 Å². The van der Waals surface area contributed by atoms with Crippen molar-refractivity contribution >= 4 is 46.9 Å². The van der Waals surface area contributed by atoms with E-state index < -0.39 is 6.17 Å². The molecule has 26 heteroatoms. The summed E-state index contributed by atoms with van der Waals surface area (Å²) in [7, 11) is 8.94. The lowest BCUT2D eigenvalue weighted by Crippen LogP contribution is -2.42. The SMILES string of the molecule is COCC(C)NC(=O)Cn1c(-c2ccccc2)ccc(C2N=C(CCN3CCCCC3)ON2)c1=O.COc1cccc(-c2c(Cl)nc(N3CCC(CCN(C)C)CC3)c(=O)n2CC(=O)NC(C)C)c1.COc1cccc(-c2cnc(N3CCC(CCN4CCCCC4)C3)c(=O)n2CC(=O)NC(C)C)c1. The van der Waals surface area contributed by atoms with Gasteiger partial charge in [0.25, 0.3) is 16.7 Å². The van der Waals surface area contributed by atoms with E-state index in [0.717, 1.165) is 102 Å². The van der Waals surface area contributed by atoms with Gasteiger partial charge in [0.1, 0.15) is 31.1 Å². The number of hydrogen-bond donors (Lipinski definition) is 4. The Morgan fingerprint density at radius 3 is 1.78 bits per heavy atom. The summed E-state index contributed by atoms with van der Waals surface area (Å²) in [5, 5.41) is 8.84. The molecule has 0 radical (unpaired) electrons. The van der Waals surface area contributed by atoms with Crippen molar-refractivity contribution in [1.29, 1.82) is 0 Å². The molecule has 25 nitrogen and oxygen atoms in total. The molecule has 3 aromatic heterocycles. The van der Waals surface area contributed by atoms with E-state index in [2.05, 4.69) is 70.1 Å². The third-order valence-electron chi connectivity index (χ3n) is 19.5. The third kappa shape index (κ3) is 22.8. The molecule has 0 aliphatic carbocycles. The minimum atomic E-state index is -0.606. The summed E-state index contributed by atoms with van der Waals surface area (Å²) in [6.07, 6.45) is 14.9. The number of nitrogens with one attached hydrogen (secondary N) is 4. The molecule has 3 unspecified atom stereocenters. The molecule has 0 saturated carbocycles. The molecule has 3 atom stereocenters. The standard InChI is InChI=1S/C27H39N5O3.C26H35N5O4.C25H36ClN5O3/c1-20(2)29-25(33)19-32-24(22-8-7-9-23(16-22)35-3)17-28-26(27(32)34)31-15-11-21(18-31)10-14-30-12-5-4-6-13-30;1-19(18-34-2)27-23(32)17-31-22(20-9-5-3-6-10-20)12-11-21(26(31)33)25-28-24(35-29-25)13-16-30-14-7-4-8-15-30;1-17(2)27-21(32)16-31-22(19-7-6-8-20(15-19)34-5)23(26)28-24(25(31)33)30-13-10-18(11-14-30)9-12-29(3)4/h7-9,16-17,20-21H,4-6,10-15,18-19H2,1-3H3,(H,29,33);3,5-6,9-12,19,25,29H,4,7-8,13-18H2,1-2H3,(H,27,32);6-8,15,17-18H,9-14,16H2,1-5H3,(H,27,32). The number of anilines is 2. The maximum absolute atomic E-state index is 13.7. The quantitative estimate of drug-likeness (QED) is 0.0357. The first kappa shape index (κ1) is 79.7. The zero-order valence-electron chi connectivity index (χ0n) is 62.7. The summed E-state index contributed by atoms with van der Waals surface area (Å²) in [6.45, 7) is 20.4. The molecule has 564 valence electrons. The first-order valence-electron chi connectivity index (χ1n) is 37.1. The number of carbonyl (C=O) groups is 3. The molecule has 0 spiro atoms. The van der Waals surface area contributed by atoms with Gasteiger partial charge in [0.2, 0.25) is 23.6 Å². The fraction of sp³-hybridized carbons (Fsp3) is 0.551. The number of likely N-dealkylation sites (tertiary alicyclic amines) is 2. The molecule has 6 aromatic rings. The highest BCUT2D eigenvalue weighted by Crippen LogP contribution is 2.33. The minimum absolute atomic E-state index is 0.000904. The first-order valence-corrected chi connectivity index (χ1v) is 37.5. The molecule has 4 saturated heterocycles. The lowest BCUT2D eigenvalue weighted by Gasteiger charge is -2.33. The molecule has 3 amide bonds. The Hall–Kier alpha value is -8.46. The number of piperidine rings is 3. The number of benzene rings is 3. The maximum Gasteiger partial charge on any atom is 0.294 e. The molecule has 3 aromatic carbocycles. The van der Waals surface area contributed by atoms with Crippen LogP contribution in [-0.2, 0) is 43.6 Å². The number of aromatic nitrogens is 5. The number of hydrogen-bond acceptors (Lipinski definition) is 19. The van der Waals surface area contributed by atoms with Gasteiger partial charge in [-0.15, -0.1) is 5.48 Å². The Morgan fingerprint density at radius 1 is 0.606 bits per heavy atom. The zero-order chi connectivity index (χ0) is 74.2. The Kier molecular flexibility index (Phi) is 30.3. The summed E-state index contributed by atoms with van der Waals surface area (Å²) in [4.78, 5) is 110. The van der Waals surface area contributed by atoms with E-state index in [0.29, 0.717) is 82.1 Å². The zero-order valence-corrected chi connectivity index (χ0v) is 63.4. The summed E-state index contributed by atoms with van der Waals surface area (Å²) < 4.78 is 20.3. The number of aliphatic imine (C=N–C) groups is 1. The Morgan fingerprint density at radius 2 is 1.16 bits per heavy atom. The van der Waals surface area contributed by atoms with E-state index in [1.165, 1.54) is 60.7 Å². The van der Waals surface area contributed by atoms with Crippen LogP contribution in [0.15, 0.2) is 117 Å². The number of carbonyl (C=O) groups excluding carboxylic acids is 3. The van der Waals surface area contributed by atoms with Gasteiger partial charge in [-0.05, 0) is 200 Å². The first-order chi connectivity index (χ1) is 50.2. The van der Waals surface area contributed by atoms with Crippen LogP contribution >= 0.6 is 11.6 Å². The van der Waals surface area contributed by atoms with Crippen LogP contribution in [0.2, 0.25) is 5.15 Å². The lowest BCUT2D eigenvalue weighted by molar-refractivity contribution is -0.123. The summed E-state index contributed by atoms with van der Waals surface area (Å²) >= 11 is 6.68. The van der Waals surface area contributed by atoms with Gasteiger partial charge in [0.05, 0.1) is 49.7 Å². The maximum atomic E-state index is 13.7. The number of nitrogens with zero attached hydrogens (tertiary/aromatic N) is 11. The highest BCUT2D eigenvalue weighted by molar-refractivity contribution is 6.32. The third-order valence-corrected chi connectivity index (χ3v) is 19.7. The van der Waals surface area contributed by atoms with Gasteiger partial charge in [0, 0.05) is 75.5 Å². The normalized spacial score (nSPS) is 17.5. The molecular weight excluding hydrogens is 1340 g/mol. The van der Waals surface area contributed by atoms with Crippen molar-refractivity contribution in [2.45, 2.75) is 156 Å². The van der Waals surface area contributed by atoms with Crippen LogP contribution in [0.4, 0.5) is 11.6 Å². The minimum Gasteiger partial charge on any atom is -0.497 e. The molecular formula is C78H110ClN15O10. The number of ether oxygens (including phenoxy) is 3. The number of pyridine rings is 1. The smallest absolute Gasteiger partial charge is 0.294 e. The predicted molar refractivity (Wildman–Crippen MR) is 411 cm³/mol. The van der Waals surface area contributed by atoms with E-state index in [1.54, 1.807) is 44.2 Å². The van der Waals surface area contributed by atoms with Crippen LogP contribution in [0.3, 0.4) is 0 Å². The summed E-state index contributed by atoms with van der Waals surface area (Å²) in [5.41, 5.74) is 6.52. The number of halogens is 1. The van der Waals surface area contributed by atoms with Gasteiger partial charge in [-0.25, -0.2) is 15.0 Å². The average Bonchev–Trinajstić information content (AvgIpc) is 1.01. The fourth-order valence-corrected chi connectivity index (χ4v) is 14.4. The van der Waals surface area contributed by atoms with Crippen molar-refractivity contribution in [2.75, 3.05) is 124 Å². The number of hydroxylamine groups is 1. The topological polar surface area (TPSA) is 257 Å². The van der Waals surface area contributed by atoms with Crippen molar-refractivity contribution < 1.29 is 33.4 Å². The van der Waals surface area contributed by atoms with Gasteiger partial charge in [0.15, 0.2) is 23.0 Å². The van der Waals surface area contributed by atoms with Crippen molar-refractivity contribution in [1.82, 2.24) is 59.8 Å². The number of rotatable bonds is 28. The van der Waals surface area contributed by atoms with Gasteiger partial charge in [-0.3, -0.25) is 42.5 Å². The van der Waals surface area contributed by atoms with Crippen LogP contribution in [0.25, 0.3) is 33.8 Å². The van der Waals surface area contributed by atoms with E-state index in [1.807, 2.05) is 118 Å².